The lowest BCUT2D eigenvalue weighted by Crippen LogP contribution is -2.00. The average Bonchev–Trinajstić information content (AvgIpc) is 3.13. The molecule has 0 saturated heterocycles. The second-order valence-electron chi connectivity index (χ2n) is 5.56. The van der Waals surface area contributed by atoms with E-state index in [0.29, 0.717) is 22.1 Å². The van der Waals surface area contributed by atoms with Gasteiger partial charge in [-0.3, -0.25) is 5.43 Å². The molecule has 3 aromatic rings. The minimum absolute atomic E-state index is 0.388. The van der Waals surface area contributed by atoms with Crippen molar-refractivity contribution in [3.63, 3.8) is 0 Å². The van der Waals surface area contributed by atoms with Crippen LogP contribution >= 0.6 is 11.6 Å². The van der Waals surface area contributed by atoms with Crippen molar-refractivity contribution >= 4 is 29.5 Å². The third kappa shape index (κ3) is 3.95. The zero-order valence-corrected chi connectivity index (χ0v) is 15.1. The highest BCUT2D eigenvalue weighted by molar-refractivity contribution is 6.31. The van der Waals surface area contributed by atoms with E-state index in [2.05, 4.69) is 10.5 Å². The smallest absolute Gasteiger partial charge is 0.337 e. The Bertz CT molecular complexity index is 963. The van der Waals surface area contributed by atoms with Crippen LogP contribution in [-0.4, -0.2) is 19.3 Å². The van der Waals surface area contributed by atoms with Crippen LogP contribution < -0.4 is 5.43 Å². The summed E-state index contributed by atoms with van der Waals surface area (Å²) in [5.41, 5.74) is 5.95. The number of ether oxygens (including phenoxy) is 1. The van der Waals surface area contributed by atoms with E-state index < -0.39 is 0 Å². The van der Waals surface area contributed by atoms with Gasteiger partial charge in [-0.1, -0.05) is 29.8 Å². The van der Waals surface area contributed by atoms with E-state index in [4.69, 9.17) is 20.8 Å². The van der Waals surface area contributed by atoms with Gasteiger partial charge in [-0.05, 0) is 48.9 Å². The van der Waals surface area contributed by atoms with Gasteiger partial charge in [0.05, 0.1) is 24.6 Å². The molecule has 5 nitrogen and oxygen atoms in total. The van der Waals surface area contributed by atoms with Crippen LogP contribution in [0.25, 0.3) is 11.3 Å². The Morgan fingerprint density at radius 2 is 2.00 bits per heavy atom. The Balaban J connectivity index is 1.74. The van der Waals surface area contributed by atoms with Crippen LogP contribution in [0.15, 0.2) is 64.1 Å². The second kappa shape index (κ2) is 7.89. The van der Waals surface area contributed by atoms with Crippen LogP contribution in [-0.2, 0) is 4.74 Å². The molecule has 0 atom stereocenters. The molecule has 0 aliphatic heterocycles. The second-order valence-corrected chi connectivity index (χ2v) is 5.96. The SMILES string of the molecule is COC(=O)c1cccc(-c2ccc(C=NNc3cccc(Cl)c3C)o2)c1. The van der Waals surface area contributed by atoms with Crippen LogP contribution in [0.1, 0.15) is 21.7 Å². The van der Waals surface area contributed by atoms with Crippen molar-refractivity contribution in [2.45, 2.75) is 6.92 Å². The number of nitrogens with one attached hydrogen (secondary N) is 1. The van der Waals surface area contributed by atoms with E-state index in [0.717, 1.165) is 16.8 Å². The summed E-state index contributed by atoms with van der Waals surface area (Å²) in [7, 11) is 1.35. The highest BCUT2D eigenvalue weighted by Gasteiger charge is 2.09. The summed E-state index contributed by atoms with van der Waals surface area (Å²) < 4.78 is 10.5. The number of benzene rings is 2. The van der Waals surface area contributed by atoms with E-state index in [-0.39, 0.29) is 5.97 Å². The van der Waals surface area contributed by atoms with Gasteiger partial charge in [0.2, 0.25) is 0 Å². The maximum Gasteiger partial charge on any atom is 0.337 e. The zero-order chi connectivity index (χ0) is 18.5. The maximum absolute atomic E-state index is 11.6. The highest BCUT2D eigenvalue weighted by atomic mass is 35.5. The lowest BCUT2D eigenvalue weighted by atomic mass is 10.1. The molecule has 0 spiro atoms. The number of hydrogen-bond donors (Lipinski definition) is 1. The summed E-state index contributed by atoms with van der Waals surface area (Å²) in [6.07, 6.45) is 1.58. The van der Waals surface area contributed by atoms with Gasteiger partial charge in [-0.2, -0.15) is 5.10 Å². The van der Waals surface area contributed by atoms with Crippen LogP contribution in [0.2, 0.25) is 5.02 Å². The minimum Gasteiger partial charge on any atom is -0.465 e. The Morgan fingerprint density at radius 1 is 1.19 bits per heavy atom. The normalized spacial score (nSPS) is 10.9. The Labute approximate surface area is 156 Å². The summed E-state index contributed by atoms with van der Waals surface area (Å²) in [5, 5.41) is 4.86. The fraction of sp³-hybridized carbons (Fsp3) is 0.100. The first kappa shape index (κ1) is 17.8. The standard InChI is InChI=1S/C20H17ClN2O3/c1-13-17(21)7-4-8-18(13)23-22-12-16-9-10-19(26-16)14-5-3-6-15(11-14)20(24)25-2/h3-12,23H,1-2H3. The number of furan rings is 1. The molecule has 0 fully saturated rings. The molecule has 2 aromatic carbocycles. The Morgan fingerprint density at radius 3 is 2.81 bits per heavy atom. The molecule has 1 N–H and O–H groups in total. The van der Waals surface area contributed by atoms with E-state index in [1.54, 1.807) is 30.5 Å². The lowest BCUT2D eigenvalue weighted by molar-refractivity contribution is 0.0601. The van der Waals surface area contributed by atoms with Crippen LogP contribution in [0.4, 0.5) is 5.69 Å². The summed E-state index contributed by atoms with van der Waals surface area (Å²) in [6, 6.07) is 16.3. The van der Waals surface area contributed by atoms with Crippen molar-refractivity contribution in [3.8, 4) is 11.3 Å². The predicted molar refractivity (Wildman–Crippen MR) is 103 cm³/mol. The number of nitrogens with zero attached hydrogens (tertiary/aromatic N) is 1. The molecule has 3 rings (SSSR count). The number of halogens is 1. The number of hydrazone groups is 1. The number of hydrogen-bond acceptors (Lipinski definition) is 5. The van der Waals surface area contributed by atoms with Gasteiger partial charge in [0.15, 0.2) is 0 Å². The fourth-order valence-electron chi connectivity index (χ4n) is 2.39. The number of rotatable bonds is 5. The molecular formula is C20H17ClN2O3. The predicted octanol–water partition coefficient (Wildman–Crippen LogP) is 5.14. The molecule has 0 saturated carbocycles. The van der Waals surface area contributed by atoms with Crippen LogP contribution in [0, 0.1) is 6.92 Å². The summed E-state index contributed by atoms with van der Waals surface area (Å²) in [4.78, 5) is 11.6. The molecule has 132 valence electrons. The fourth-order valence-corrected chi connectivity index (χ4v) is 2.56. The van der Waals surface area contributed by atoms with Crippen molar-refractivity contribution in [2.24, 2.45) is 5.10 Å². The molecule has 0 amide bonds. The van der Waals surface area contributed by atoms with Crippen LogP contribution in [0.3, 0.4) is 0 Å². The largest absolute Gasteiger partial charge is 0.465 e. The molecule has 1 heterocycles. The zero-order valence-electron chi connectivity index (χ0n) is 14.3. The van der Waals surface area contributed by atoms with Crippen molar-refractivity contribution in [3.05, 3.63) is 76.5 Å². The topological polar surface area (TPSA) is 63.8 Å². The molecule has 1 aromatic heterocycles. The van der Waals surface area contributed by atoms with Crippen molar-refractivity contribution in [1.29, 1.82) is 0 Å². The van der Waals surface area contributed by atoms with Gasteiger partial charge in [-0.25, -0.2) is 4.79 Å². The third-order valence-electron chi connectivity index (χ3n) is 3.84. The number of carbonyl (C=O) groups excluding carboxylic acids is 1. The van der Waals surface area contributed by atoms with Gasteiger partial charge in [0, 0.05) is 10.6 Å². The minimum atomic E-state index is -0.388. The summed E-state index contributed by atoms with van der Waals surface area (Å²) in [5.74, 6) is 0.827. The van der Waals surface area contributed by atoms with Crippen molar-refractivity contribution in [1.82, 2.24) is 0 Å². The van der Waals surface area contributed by atoms with E-state index in [1.165, 1.54) is 7.11 Å². The first-order valence-electron chi connectivity index (χ1n) is 7.91. The van der Waals surface area contributed by atoms with Crippen LogP contribution in [0.5, 0.6) is 0 Å². The van der Waals surface area contributed by atoms with Crippen molar-refractivity contribution in [2.75, 3.05) is 12.5 Å². The van der Waals surface area contributed by atoms with E-state index in [1.807, 2.05) is 37.3 Å². The molecule has 0 aliphatic carbocycles. The third-order valence-corrected chi connectivity index (χ3v) is 4.25. The van der Waals surface area contributed by atoms with Gasteiger partial charge in [0.1, 0.15) is 11.5 Å². The number of methoxy groups -OCH3 is 1. The van der Waals surface area contributed by atoms with Gasteiger partial charge >= 0.3 is 5.97 Å². The first-order chi connectivity index (χ1) is 12.6. The molecule has 0 aliphatic rings. The average molecular weight is 369 g/mol. The quantitative estimate of drug-likeness (QED) is 0.384. The van der Waals surface area contributed by atoms with Gasteiger partial charge in [0.25, 0.3) is 0 Å². The number of carbonyl (C=O) groups is 1. The summed E-state index contributed by atoms with van der Waals surface area (Å²) >= 11 is 6.08. The molecular weight excluding hydrogens is 352 g/mol. The molecule has 6 heteroatoms. The lowest BCUT2D eigenvalue weighted by Gasteiger charge is -2.05. The van der Waals surface area contributed by atoms with Gasteiger partial charge in [-0.15, -0.1) is 0 Å². The molecule has 26 heavy (non-hydrogen) atoms. The van der Waals surface area contributed by atoms with E-state index >= 15 is 0 Å². The monoisotopic (exact) mass is 368 g/mol. The summed E-state index contributed by atoms with van der Waals surface area (Å²) in [6.45, 7) is 1.92. The van der Waals surface area contributed by atoms with E-state index in [9.17, 15) is 4.79 Å². The first-order valence-corrected chi connectivity index (χ1v) is 8.29. The molecule has 0 radical (unpaired) electrons. The maximum atomic E-state index is 11.6. The Hall–Kier alpha value is -3.05. The number of esters is 1. The molecule has 0 unspecified atom stereocenters. The number of anilines is 1. The van der Waals surface area contributed by atoms with Gasteiger partial charge < -0.3 is 9.15 Å². The highest BCUT2D eigenvalue weighted by Crippen LogP contribution is 2.24. The molecule has 0 bridgehead atoms. The van der Waals surface area contributed by atoms with Crippen molar-refractivity contribution < 1.29 is 13.9 Å². The Kier molecular flexibility index (Phi) is 5.39.